The highest BCUT2D eigenvalue weighted by atomic mass is 16.5. The highest BCUT2D eigenvalue weighted by molar-refractivity contribution is 6.03. The summed E-state index contributed by atoms with van der Waals surface area (Å²) in [7, 11) is 0. The van der Waals surface area contributed by atoms with Crippen LogP contribution in [0.2, 0.25) is 0 Å². The van der Waals surface area contributed by atoms with Gasteiger partial charge >= 0.3 is 5.97 Å². The van der Waals surface area contributed by atoms with Gasteiger partial charge in [0.25, 0.3) is 0 Å². The molecule has 0 saturated carbocycles. The van der Waals surface area contributed by atoms with Crippen molar-refractivity contribution < 1.29 is 19.4 Å². The second kappa shape index (κ2) is 8.95. The normalized spacial score (nSPS) is 11.2. The lowest BCUT2D eigenvalue weighted by atomic mass is 10.0. The van der Waals surface area contributed by atoms with Crippen LogP contribution in [0.15, 0.2) is 48.5 Å². The van der Waals surface area contributed by atoms with Gasteiger partial charge in [0.15, 0.2) is 11.5 Å². The predicted molar refractivity (Wildman–Crippen MR) is 115 cm³/mol. The van der Waals surface area contributed by atoms with E-state index >= 15 is 0 Å². The maximum absolute atomic E-state index is 11.8. The van der Waals surface area contributed by atoms with Gasteiger partial charge in [-0.25, -0.2) is 9.78 Å². The third kappa shape index (κ3) is 5.05. The van der Waals surface area contributed by atoms with E-state index in [0.717, 1.165) is 5.56 Å². The summed E-state index contributed by atoms with van der Waals surface area (Å²) >= 11 is 0. The Balaban J connectivity index is 2.05. The minimum Gasteiger partial charge on any atom is -0.489 e. The number of rotatable bonds is 8. The van der Waals surface area contributed by atoms with E-state index in [2.05, 4.69) is 32.7 Å². The van der Waals surface area contributed by atoms with Crippen LogP contribution in [-0.2, 0) is 0 Å². The molecule has 2 aromatic carbocycles. The van der Waals surface area contributed by atoms with Crippen molar-refractivity contribution in [2.45, 2.75) is 27.7 Å². The van der Waals surface area contributed by atoms with E-state index in [-0.39, 0.29) is 5.56 Å². The van der Waals surface area contributed by atoms with Gasteiger partial charge in [0.1, 0.15) is 0 Å². The molecule has 1 N–H and O–H groups in total. The molecule has 152 valence electrons. The number of para-hydroxylation sites is 1. The Morgan fingerprint density at radius 1 is 0.931 bits per heavy atom. The van der Waals surface area contributed by atoms with Crippen molar-refractivity contribution in [1.82, 2.24) is 4.98 Å². The number of ether oxygens (including phenoxy) is 2. The Bertz CT molecular complexity index is 1010. The standard InChI is InChI=1S/C24H27NO4/c1-15(2)13-28-22-10-9-17(11-23(22)29-14-16(3)4)21-12-19(24(26)27)18-7-5-6-8-20(18)25-21/h5-12,15-16H,13-14H2,1-4H3,(H,26,27). The summed E-state index contributed by atoms with van der Waals surface area (Å²) < 4.78 is 11.9. The van der Waals surface area contributed by atoms with Crippen LogP contribution in [0.4, 0.5) is 0 Å². The average Bonchev–Trinajstić information content (AvgIpc) is 2.69. The van der Waals surface area contributed by atoms with E-state index in [1.54, 1.807) is 12.1 Å². The second-order valence-corrected chi connectivity index (χ2v) is 7.95. The number of benzene rings is 2. The molecule has 5 nitrogen and oxygen atoms in total. The monoisotopic (exact) mass is 393 g/mol. The zero-order valence-corrected chi connectivity index (χ0v) is 17.3. The first kappa shape index (κ1) is 20.6. The Morgan fingerprint density at radius 3 is 2.24 bits per heavy atom. The lowest BCUT2D eigenvalue weighted by Crippen LogP contribution is -2.09. The van der Waals surface area contributed by atoms with Crippen molar-refractivity contribution in [3.05, 3.63) is 54.1 Å². The molecule has 3 rings (SSSR count). The number of carbonyl (C=O) groups is 1. The molecule has 0 aliphatic heterocycles. The predicted octanol–water partition coefficient (Wildman–Crippen LogP) is 5.67. The number of nitrogens with zero attached hydrogens (tertiary/aromatic N) is 1. The summed E-state index contributed by atoms with van der Waals surface area (Å²) in [6.07, 6.45) is 0. The molecule has 0 atom stereocenters. The summed E-state index contributed by atoms with van der Waals surface area (Å²) in [6, 6.07) is 14.5. The second-order valence-electron chi connectivity index (χ2n) is 7.95. The molecule has 0 aliphatic rings. The molecule has 1 aromatic heterocycles. The Morgan fingerprint density at radius 2 is 1.59 bits per heavy atom. The number of carboxylic acids is 1. The highest BCUT2D eigenvalue weighted by Crippen LogP contribution is 2.34. The van der Waals surface area contributed by atoms with Crippen LogP contribution in [0, 0.1) is 11.8 Å². The number of carboxylic acid groups (broad SMARTS) is 1. The smallest absolute Gasteiger partial charge is 0.336 e. The van der Waals surface area contributed by atoms with Gasteiger partial charge < -0.3 is 14.6 Å². The van der Waals surface area contributed by atoms with Crippen molar-refractivity contribution >= 4 is 16.9 Å². The molecular weight excluding hydrogens is 366 g/mol. The maximum Gasteiger partial charge on any atom is 0.336 e. The first-order valence-electron chi connectivity index (χ1n) is 9.88. The quantitative estimate of drug-likeness (QED) is 0.534. The van der Waals surface area contributed by atoms with Gasteiger partial charge in [0.2, 0.25) is 0 Å². The summed E-state index contributed by atoms with van der Waals surface area (Å²) in [5.41, 5.74) is 2.25. The summed E-state index contributed by atoms with van der Waals surface area (Å²) in [4.78, 5) is 16.4. The number of aromatic carboxylic acids is 1. The zero-order chi connectivity index (χ0) is 21.0. The lowest BCUT2D eigenvalue weighted by Gasteiger charge is -2.16. The fourth-order valence-corrected chi connectivity index (χ4v) is 2.91. The minimum absolute atomic E-state index is 0.232. The highest BCUT2D eigenvalue weighted by Gasteiger charge is 2.15. The molecule has 0 bridgehead atoms. The molecule has 3 aromatic rings. The van der Waals surface area contributed by atoms with Crippen LogP contribution in [-0.4, -0.2) is 29.3 Å². The SMILES string of the molecule is CC(C)COc1ccc(-c2cc(C(=O)O)c3ccccc3n2)cc1OCC(C)C. The van der Waals surface area contributed by atoms with Crippen LogP contribution >= 0.6 is 0 Å². The Hall–Kier alpha value is -3.08. The number of fused-ring (bicyclic) bond motifs is 1. The number of aromatic nitrogens is 1. The summed E-state index contributed by atoms with van der Waals surface area (Å²) in [5, 5.41) is 10.3. The van der Waals surface area contributed by atoms with Crippen LogP contribution < -0.4 is 9.47 Å². The number of hydrogen-bond acceptors (Lipinski definition) is 4. The molecule has 1 heterocycles. The molecule has 0 radical (unpaired) electrons. The molecular formula is C24H27NO4. The maximum atomic E-state index is 11.8. The fraction of sp³-hybridized carbons (Fsp3) is 0.333. The number of pyridine rings is 1. The van der Waals surface area contributed by atoms with Gasteiger partial charge in [0, 0.05) is 10.9 Å². The molecule has 0 amide bonds. The van der Waals surface area contributed by atoms with Gasteiger partial charge in [-0.1, -0.05) is 45.9 Å². The average molecular weight is 393 g/mol. The third-order valence-corrected chi connectivity index (χ3v) is 4.33. The van der Waals surface area contributed by atoms with E-state index in [1.807, 2.05) is 36.4 Å². The largest absolute Gasteiger partial charge is 0.489 e. The molecule has 0 spiro atoms. The third-order valence-electron chi connectivity index (χ3n) is 4.33. The van der Waals surface area contributed by atoms with E-state index in [0.29, 0.717) is 53.1 Å². The first-order valence-corrected chi connectivity index (χ1v) is 9.88. The van der Waals surface area contributed by atoms with Gasteiger partial charge in [-0.05, 0) is 42.2 Å². The van der Waals surface area contributed by atoms with Crippen molar-refractivity contribution in [2.24, 2.45) is 11.8 Å². The van der Waals surface area contributed by atoms with E-state index < -0.39 is 5.97 Å². The van der Waals surface area contributed by atoms with Crippen molar-refractivity contribution in [1.29, 1.82) is 0 Å². The number of hydrogen-bond donors (Lipinski definition) is 1. The van der Waals surface area contributed by atoms with Crippen LogP contribution in [0.25, 0.3) is 22.2 Å². The topological polar surface area (TPSA) is 68.7 Å². The van der Waals surface area contributed by atoms with E-state index in [4.69, 9.17) is 9.47 Å². The zero-order valence-electron chi connectivity index (χ0n) is 17.3. The van der Waals surface area contributed by atoms with Crippen LogP contribution in [0.5, 0.6) is 11.5 Å². The lowest BCUT2D eigenvalue weighted by molar-refractivity contribution is 0.0699. The van der Waals surface area contributed by atoms with Gasteiger partial charge in [-0.3, -0.25) is 0 Å². The van der Waals surface area contributed by atoms with Crippen molar-refractivity contribution in [3.8, 4) is 22.8 Å². The van der Waals surface area contributed by atoms with Crippen molar-refractivity contribution in [3.63, 3.8) is 0 Å². The summed E-state index contributed by atoms with van der Waals surface area (Å²) in [6.45, 7) is 9.51. The fourth-order valence-electron chi connectivity index (χ4n) is 2.91. The first-order chi connectivity index (χ1) is 13.8. The summed E-state index contributed by atoms with van der Waals surface area (Å²) in [5.74, 6) is 1.12. The molecule has 0 saturated heterocycles. The van der Waals surface area contributed by atoms with Crippen LogP contribution in [0.3, 0.4) is 0 Å². The molecule has 29 heavy (non-hydrogen) atoms. The van der Waals surface area contributed by atoms with E-state index in [9.17, 15) is 9.90 Å². The Labute approximate surface area is 171 Å². The van der Waals surface area contributed by atoms with Crippen molar-refractivity contribution in [2.75, 3.05) is 13.2 Å². The molecule has 0 aliphatic carbocycles. The Kier molecular flexibility index (Phi) is 6.37. The van der Waals surface area contributed by atoms with Gasteiger partial charge in [-0.2, -0.15) is 0 Å². The van der Waals surface area contributed by atoms with Gasteiger partial charge in [0.05, 0.1) is 30.0 Å². The van der Waals surface area contributed by atoms with Gasteiger partial charge in [-0.15, -0.1) is 0 Å². The van der Waals surface area contributed by atoms with Crippen LogP contribution in [0.1, 0.15) is 38.1 Å². The minimum atomic E-state index is -0.974. The molecule has 0 unspecified atom stereocenters. The van der Waals surface area contributed by atoms with E-state index in [1.165, 1.54) is 0 Å². The molecule has 5 heteroatoms. The molecule has 0 fully saturated rings.